The molecule has 1 aliphatic carbocycles. The van der Waals surface area contributed by atoms with Gasteiger partial charge in [-0.1, -0.05) is 39.7 Å². The van der Waals surface area contributed by atoms with Gasteiger partial charge in [0.15, 0.2) is 5.82 Å². The fourth-order valence-electron chi connectivity index (χ4n) is 10.4. The van der Waals surface area contributed by atoms with E-state index in [1.807, 2.05) is 4.90 Å². The first-order chi connectivity index (χ1) is 32.7. The Hall–Kier alpha value is -6.49. The molecule has 4 aliphatic heterocycles. The van der Waals surface area contributed by atoms with Crippen molar-refractivity contribution in [2.45, 2.75) is 116 Å². The van der Waals surface area contributed by atoms with Gasteiger partial charge in [-0.3, -0.25) is 24.4 Å². The van der Waals surface area contributed by atoms with E-state index >= 15 is 8.78 Å². The molecule has 0 N–H and O–H groups in total. The Kier molecular flexibility index (Phi) is 12.3. The second-order valence-electron chi connectivity index (χ2n) is 19.4. The van der Waals surface area contributed by atoms with Gasteiger partial charge in [0.2, 0.25) is 12.6 Å². The maximum atomic E-state index is 17.7. The molecule has 20 heteroatoms. The highest BCUT2D eigenvalue weighted by Gasteiger charge is 2.77. The van der Waals surface area contributed by atoms with Crippen LogP contribution < -0.4 is 14.4 Å². The van der Waals surface area contributed by atoms with E-state index in [9.17, 15) is 28.0 Å². The summed E-state index contributed by atoms with van der Waals surface area (Å²) in [7, 11) is 0. The fraction of sp³-hybridized carbons (Fsp3) is 0.531. The van der Waals surface area contributed by atoms with Gasteiger partial charge in [0.05, 0.1) is 45.8 Å². The Balaban J connectivity index is 1.09. The van der Waals surface area contributed by atoms with Crippen molar-refractivity contribution in [3.63, 3.8) is 0 Å². The Morgan fingerprint density at radius 3 is 2.20 bits per heavy atom. The van der Waals surface area contributed by atoms with Gasteiger partial charge in [-0.05, 0) is 62.2 Å². The van der Waals surface area contributed by atoms with E-state index in [1.54, 1.807) is 32.6 Å². The molecule has 2 aromatic heterocycles. The number of benzene rings is 2. The number of amides is 1. The lowest BCUT2D eigenvalue weighted by atomic mass is 9.89. The second kappa shape index (κ2) is 17.8. The predicted molar refractivity (Wildman–Crippen MR) is 239 cm³/mol. The van der Waals surface area contributed by atoms with Gasteiger partial charge in [-0.15, -0.1) is 6.42 Å². The summed E-state index contributed by atoms with van der Waals surface area (Å²) in [5.41, 5.74) is -2.77. The van der Waals surface area contributed by atoms with Crippen molar-refractivity contribution in [1.82, 2.24) is 24.8 Å². The normalized spacial score (nSPS) is 24.3. The number of halogens is 4. The molecule has 5 fully saturated rings. The molecule has 69 heavy (non-hydrogen) atoms. The smallest absolute Gasteiger partial charge is 0.461 e. The molecule has 0 radical (unpaired) electrons. The quantitative estimate of drug-likeness (QED) is 0.0438. The summed E-state index contributed by atoms with van der Waals surface area (Å²) in [6, 6.07) is 4.07. The molecular formula is C49H52F4N6O10. The van der Waals surface area contributed by atoms with Gasteiger partial charge >= 0.3 is 30.2 Å². The molecule has 4 saturated heterocycles. The molecule has 2 aromatic carbocycles. The van der Waals surface area contributed by atoms with E-state index in [2.05, 4.69) is 20.8 Å². The Bertz CT molecular complexity index is 2790. The SMILES string of the molecule is C#Cc1c(F)ccc2cc(OC(=O)OC(C)OC(=O)C(C)C)cc(-c3ncc4c(N5C[C@H]6CC[C@@H](C5)N6C(=O)OC(C)OC(=O)C(C)C)nc(OC[C@@]56CCCN5C[C@@]5(CC5(F)F)C6)nc4c3F)c12. The number of alkyl halides is 2. The first-order valence-corrected chi connectivity index (χ1v) is 23.1. The zero-order valence-corrected chi connectivity index (χ0v) is 39.0. The summed E-state index contributed by atoms with van der Waals surface area (Å²) >= 11 is 0. The number of pyridine rings is 1. The lowest BCUT2D eigenvalue weighted by Crippen LogP contribution is -2.56. The van der Waals surface area contributed by atoms with Gasteiger partial charge in [0.25, 0.3) is 5.92 Å². The van der Waals surface area contributed by atoms with Crippen LogP contribution in [0.5, 0.6) is 11.8 Å². The van der Waals surface area contributed by atoms with Gasteiger partial charge in [0, 0.05) is 57.0 Å². The highest BCUT2D eigenvalue weighted by Crippen LogP contribution is 2.69. The van der Waals surface area contributed by atoms with Crippen LogP contribution in [0, 0.1) is 41.2 Å². The monoisotopic (exact) mass is 960 g/mol. The topological polar surface area (TPSA) is 172 Å². The number of hydrogen-bond acceptors (Lipinski definition) is 15. The van der Waals surface area contributed by atoms with Crippen molar-refractivity contribution in [3.8, 4) is 35.4 Å². The average Bonchev–Trinajstić information content (AvgIpc) is 3.55. The van der Waals surface area contributed by atoms with Crippen LogP contribution in [0.4, 0.5) is 33.0 Å². The third-order valence-electron chi connectivity index (χ3n) is 13.9. The number of esters is 2. The van der Waals surface area contributed by atoms with Gasteiger partial charge in [-0.25, -0.2) is 27.2 Å². The molecule has 4 aromatic rings. The maximum Gasteiger partial charge on any atom is 0.516 e. The summed E-state index contributed by atoms with van der Waals surface area (Å²) < 4.78 is 95.6. The Morgan fingerprint density at radius 1 is 0.899 bits per heavy atom. The Labute approximate surface area is 394 Å². The second-order valence-corrected chi connectivity index (χ2v) is 19.4. The first kappa shape index (κ1) is 47.6. The number of carbonyl (C=O) groups is 4. The molecule has 1 amide bonds. The molecule has 2 bridgehead atoms. The van der Waals surface area contributed by atoms with Crippen LogP contribution in [0.3, 0.4) is 0 Å². The molecular weight excluding hydrogens is 909 g/mol. The van der Waals surface area contributed by atoms with Crippen molar-refractivity contribution < 1.29 is 65.2 Å². The van der Waals surface area contributed by atoms with Crippen molar-refractivity contribution in [1.29, 1.82) is 0 Å². The number of fused-ring (bicyclic) bond motifs is 5. The standard InChI is InChI=1S/C49H52F4N6O10/c1-8-33-36(50)13-10-29-16-32(69-46(63)68-28(7)66-43(61)26(4)5)17-34(37(29)33)39-38(51)40-35(18-54-39)41(56-44(55-40)64-24-48-14-9-15-58(48)23-47(21-48)22-49(47,52)53)57-19-30-11-12-31(20-57)59(30)45(62)67-27(6)65-42(60)25(2)3/h1,10,13,16-18,25-28,30-31H,9,11-12,14-15,19-24H2,2-7H3/t27?,28?,30-,31+,47-,48-/m0/s1. The molecule has 16 nitrogen and oxygen atoms in total. The minimum Gasteiger partial charge on any atom is -0.461 e. The number of anilines is 1. The number of aromatic nitrogens is 3. The summed E-state index contributed by atoms with van der Waals surface area (Å²) in [6.45, 7) is 10.6. The van der Waals surface area contributed by atoms with Gasteiger partial charge in [0.1, 0.15) is 35.2 Å². The molecule has 5 aliphatic rings. The third kappa shape index (κ3) is 8.78. The first-order valence-electron chi connectivity index (χ1n) is 23.1. The maximum absolute atomic E-state index is 17.7. The van der Waals surface area contributed by atoms with Crippen LogP contribution in [0.2, 0.25) is 0 Å². The number of ether oxygens (including phenoxy) is 6. The lowest BCUT2D eigenvalue weighted by Gasteiger charge is -2.41. The zero-order chi connectivity index (χ0) is 49.3. The molecule has 6 atom stereocenters. The van der Waals surface area contributed by atoms with E-state index < -0.39 is 77.1 Å². The van der Waals surface area contributed by atoms with E-state index in [4.69, 9.17) is 39.8 Å². The van der Waals surface area contributed by atoms with Crippen LogP contribution in [0.25, 0.3) is 32.9 Å². The summed E-state index contributed by atoms with van der Waals surface area (Å²) in [4.78, 5) is 70.3. The molecule has 2 unspecified atom stereocenters. The molecule has 6 heterocycles. The van der Waals surface area contributed by atoms with Crippen molar-refractivity contribution in [3.05, 3.63) is 47.7 Å². The number of hydrogen-bond donors (Lipinski definition) is 0. The summed E-state index contributed by atoms with van der Waals surface area (Å²) in [5.74, 6) is -4.25. The fourth-order valence-corrected chi connectivity index (χ4v) is 10.4. The largest absolute Gasteiger partial charge is 0.516 e. The average molecular weight is 961 g/mol. The van der Waals surface area contributed by atoms with Crippen molar-refractivity contribution in [2.75, 3.05) is 37.7 Å². The summed E-state index contributed by atoms with van der Waals surface area (Å²) in [6.07, 6.45) is 5.41. The van der Waals surface area contributed by atoms with Crippen LogP contribution >= 0.6 is 0 Å². The summed E-state index contributed by atoms with van der Waals surface area (Å²) in [5, 5.41) is 0.460. The zero-order valence-electron chi connectivity index (χ0n) is 39.0. The number of piperazine rings is 1. The minimum atomic E-state index is -2.77. The number of rotatable bonds is 12. The minimum absolute atomic E-state index is 0.0417. The molecule has 1 saturated carbocycles. The highest BCUT2D eigenvalue weighted by atomic mass is 19.3. The van der Waals surface area contributed by atoms with Crippen molar-refractivity contribution in [2.24, 2.45) is 17.3 Å². The van der Waals surface area contributed by atoms with Crippen LogP contribution in [-0.4, -0.2) is 118 Å². The molecule has 9 rings (SSSR count). The predicted octanol–water partition coefficient (Wildman–Crippen LogP) is 8.14. The highest BCUT2D eigenvalue weighted by molar-refractivity contribution is 6.03. The molecule has 366 valence electrons. The molecule has 1 spiro atoms. The van der Waals surface area contributed by atoms with Gasteiger partial charge < -0.3 is 33.3 Å². The van der Waals surface area contributed by atoms with Crippen molar-refractivity contribution >= 4 is 51.7 Å². The van der Waals surface area contributed by atoms with E-state index in [0.717, 1.165) is 12.5 Å². The van der Waals surface area contributed by atoms with Gasteiger partial charge in [-0.2, -0.15) is 9.97 Å². The Morgan fingerprint density at radius 2 is 1.57 bits per heavy atom. The van der Waals surface area contributed by atoms with Crippen LogP contribution in [0.1, 0.15) is 85.6 Å². The van der Waals surface area contributed by atoms with Crippen LogP contribution in [0.15, 0.2) is 30.5 Å². The van der Waals surface area contributed by atoms with E-state index in [0.29, 0.717) is 25.8 Å². The third-order valence-corrected chi connectivity index (χ3v) is 13.9. The van der Waals surface area contributed by atoms with Crippen LogP contribution in [-0.2, 0) is 28.5 Å². The number of terminal acetylenes is 1. The van der Waals surface area contributed by atoms with E-state index in [-0.39, 0.29) is 107 Å². The van der Waals surface area contributed by atoms with E-state index in [1.165, 1.54) is 38.2 Å². The number of nitrogens with zero attached hydrogens (tertiary/aromatic N) is 6. The number of carbonyl (C=O) groups excluding carboxylic acids is 4. The lowest BCUT2D eigenvalue weighted by molar-refractivity contribution is -0.171.